The van der Waals surface area contributed by atoms with E-state index in [1.807, 2.05) is 19.1 Å². The molecule has 4 nitrogen and oxygen atoms in total. The number of pyridine rings is 1. The van der Waals surface area contributed by atoms with Crippen LogP contribution in [0.2, 0.25) is 0 Å². The maximum atomic E-state index is 13.1. The van der Waals surface area contributed by atoms with Gasteiger partial charge < -0.3 is 15.2 Å². The van der Waals surface area contributed by atoms with Crippen molar-refractivity contribution < 1.29 is 13.9 Å². The zero-order valence-electron chi connectivity index (χ0n) is 10.8. The number of hydrogen-bond donors (Lipinski definition) is 1. The summed E-state index contributed by atoms with van der Waals surface area (Å²) < 4.78 is 24.0. The van der Waals surface area contributed by atoms with Crippen molar-refractivity contribution in [3.63, 3.8) is 0 Å². The van der Waals surface area contributed by atoms with Gasteiger partial charge in [0.25, 0.3) is 0 Å². The number of nitrogens with zero attached hydrogens (tertiary/aromatic N) is 1. The summed E-state index contributed by atoms with van der Waals surface area (Å²) in [6.07, 6.45) is 1.09. The van der Waals surface area contributed by atoms with Crippen molar-refractivity contribution in [2.45, 2.75) is 13.5 Å². The summed E-state index contributed by atoms with van der Waals surface area (Å²) in [4.78, 5) is 3.91. The van der Waals surface area contributed by atoms with E-state index < -0.39 is 5.82 Å². The molecule has 0 fully saturated rings. The van der Waals surface area contributed by atoms with E-state index >= 15 is 0 Å². The Bertz CT molecular complexity index is 536. The lowest BCUT2D eigenvalue weighted by molar-refractivity contribution is 0.371. The molecular formula is C14H15FN2O2. The first-order valence-corrected chi connectivity index (χ1v) is 5.81. The van der Waals surface area contributed by atoms with Gasteiger partial charge in [0.15, 0.2) is 11.5 Å². The zero-order valence-corrected chi connectivity index (χ0v) is 10.8. The summed E-state index contributed by atoms with van der Waals surface area (Å²) in [7, 11) is 1.56. The van der Waals surface area contributed by atoms with Crippen LogP contribution in [0.25, 0.3) is 0 Å². The number of ether oxygens (including phenoxy) is 2. The normalized spacial score (nSPS) is 10.3. The number of nitrogens with two attached hydrogens (primary N) is 1. The summed E-state index contributed by atoms with van der Waals surface area (Å²) in [5, 5.41) is 0. The molecule has 100 valence electrons. The van der Waals surface area contributed by atoms with Crippen LogP contribution in [0.15, 0.2) is 30.5 Å². The van der Waals surface area contributed by atoms with Crippen molar-refractivity contribution in [3.05, 3.63) is 47.4 Å². The fourth-order valence-electron chi connectivity index (χ4n) is 1.67. The van der Waals surface area contributed by atoms with Crippen molar-refractivity contribution in [1.82, 2.24) is 4.98 Å². The summed E-state index contributed by atoms with van der Waals surface area (Å²) in [6, 6.07) is 6.83. The van der Waals surface area contributed by atoms with Gasteiger partial charge in [-0.1, -0.05) is 6.07 Å². The molecule has 0 saturated carbocycles. The number of benzene rings is 1. The number of halogens is 1. The Hall–Kier alpha value is -2.14. The number of aryl methyl sites for hydroxylation is 1. The monoisotopic (exact) mass is 262 g/mol. The Morgan fingerprint density at radius 3 is 2.74 bits per heavy atom. The minimum absolute atomic E-state index is 0.147. The molecular weight excluding hydrogens is 247 g/mol. The van der Waals surface area contributed by atoms with Gasteiger partial charge in [0.1, 0.15) is 5.82 Å². The Balaban J connectivity index is 2.36. The number of methoxy groups -OCH3 is 1. The van der Waals surface area contributed by atoms with E-state index in [2.05, 4.69) is 4.98 Å². The van der Waals surface area contributed by atoms with Gasteiger partial charge in [0.2, 0.25) is 5.88 Å². The Morgan fingerprint density at radius 2 is 2.05 bits per heavy atom. The van der Waals surface area contributed by atoms with E-state index in [-0.39, 0.29) is 12.4 Å². The topological polar surface area (TPSA) is 57.4 Å². The lowest BCUT2D eigenvalue weighted by Crippen LogP contribution is -2.02. The molecule has 1 aromatic carbocycles. The summed E-state index contributed by atoms with van der Waals surface area (Å²) >= 11 is 0. The number of hydrogen-bond acceptors (Lipinski definition) is 4. The summed E-state index contributed by atoms with van der Waals surface area (Å²) in [5.74, 6) is 0.950. The van der Waals surface area contributed by atoms with Crippen LogP contribution in [-0.2, 0) is 6.54 Å². The van der Waals surface area contributed by atoms with E-state index in [1.54, 1.807) is 13.2 Å². The molecule has 0 spiro atoms. The van der Waals surface area contributed by atoms with E-state index in [1.165, 1.54) is 6.07 Å². The molecule has 0 aliphatic rings. The van der Waals surface area contributed by atoms with Gasteiger partial charge in [-0.05, 0) is 30.7 Å². The molecule has 1 aromatic heterocycles. The maximum Gasteiger partial charge on any atom is 0.224 e. The Kier molecular flexibility index (Phi) is 3.97. The SMILES string of the molecule is COc1cc(C)ccc1Oc1ncc(F)cc1CN. The van der Waals surface area contributed by atoms with E-state index in [0.29, 0.717) is 17.1 Å². The number of aromatic nitrogens is 1. The van der Waals surface area contributed by atoms with Crippen LogP contribution in [0.5, 0.6) is 17.4 Å². The van der Waals surface area contributed by atoms with Crippen molar-refractivity contribution >= 4 is 0 Å². The molecule has 0 bridgehead atoms. The first-order valence-electron chi connectivity index (χ1n) is 5.81. The molecule has 0 radical (unpaired) electrons. The zero-order chi connectivity index (χ0) is 13.8. The van der Waals surface area contributed by atoms with E-state index in [4.69, 9.17) is 15.2 Å². The van der Waals surface area contributed by atoms with Crippen molar-refractivity contribution in [1.29, 1.82) is 0 Å². The highest BCUT2D eigenvalue weighted by Crippen LogP contribution is 2.32. The van der Waals surface area contributed by atoms with Gasteiger partial charge in [0, 0.05) is 12.1 Å². The van der Waals surface area contributed by atoms with E-state index in [9.17, 15) is 4.39 Å². The van der Waals surface area contributed by atoms with Crippen molar-refractivity contribution in [3.8, 4) is 17.4 Å². The molecule has 0 unspecified atom stereocenters. The van der Waals surface area contributed by atoms with Gasteiger partial charge in [-0.25, -0.2) is 9.37 Å². The lowest BCUT2D eigenvalue weighted by Gasteiger charge is -2.12. The second kappa shape index (κ2) is 5.67. The lowest BCUT2D eigenvalue weighted by atomic mass is 10.2. The van der Waals surface area contributed by atoms with Crippen molar-refractivity contribution in [2.24, 2.45) is 5.73 Å². The van der Waals surface area contributed by atoms with Crippen LogP contribution in [0.4, 0.5) is 4.39 Å². The molecule has 0 amide bonds. The highest BCUT2D eigenvalue weighted by atomic mass is 19.1. The fourth-order valence-corrected chi connectivity index (χ4v) is 1.67. The van der Waals surface area contributed by atoms with Gasteiger partial charge in [-0.2, -0.15) is 0 Å². The summed E-state index contributed by atoms with van der Waals surface area (Å²) in [5.41, 5.74) is 7.10. The largest absolute Gasteiger partial charge is 0.493 e. The van der Waals surface area contributed by atoms with Crippen LogP contribution >= 0.6 is 0 Å². The van der Waals surface area contributed by atoms with Crippen LogP contribution in [0, 0.1) is 12.7 Å². The molecule has 1 heterocycles. The molecule has 2 N–H and O–H groups in total. The van der Waals surface area contributed by atoms with Crippen molar-refractivity contribution in [2.75, 3.05) is 7.11 Å². The highest BCUT2D eigenvalue weighted by Gasteiger charge is 2.10. The third-order valence-electron chi connectivity index (χ3n) is 2.64. The van der Waals surface area contributed by atoms with Gasteiger partial charge in [0.05, 0.1) is 13.3 Å². The quantitative estimate of drug-likeness (QED) is 0.920. The van der Waals surface area contributed by atoms with Crippen LogP contribution < -0.4 is 15.2 Å². The molecule has 2 aromatic rings. The van der Waals surface area contributed by atoms with Crippen LogP contribution in [0.3, 0.4) is 0 Å². The first-order chi connectivity index (χ1) is 9.13. The Morgan fingerprint density at radius 1 is 1.26 bits per heavy atom. The average Bonchev–Trinajstić information content (AvgIpc) is 2.42. The molecule has 0 aliphatic carbocycles. The second-order valence-electron chi connectivity index (χ2n) is 4.08. The predicted molar refractivity (Wildman–Crippen MR) is 69.9 cm³/mol. The molecule has 19 heavy (non-hydrogen) atoms. The average molecular weight is 262 g/mol. The molecule has 0 aliphatic heterocycles. The standard InChI is InChI=1S/C14H15FN2O2/c1-9-3-4-12(13(5-9)18-2)19-14-10(7-16)6-11(15)8-17-14/h3-6,8H,7,16H2,1-2H3. The predicted octanol–water partition coefficient (Wildman–Crippen LogP) is 2.79. The molecule has 2 rings (SSSR count). The van der Waals surface area contributed by atoms with Gasteiger partial charge >= 0.3 is 0 Å². The van der Waals surface area contributed by atoms with Gasteiger partial charge in [-0.3, -0.25) is 0 Å². The maximum absolute atomic E-state index is 13.1. The second-order valence-corrected chi connectivity index (χ2v) is 4.08. The molecule has 5 heteroatoms. The highest BCUT2D eigenvalue weighted by molar-refractivity contribution is 5.45. The van der Waals surface area contributed by atoms with Crippen LogP contribution in [-0.4, -0.2) is 12.1 Å². The number of rotatable bonds is 4. The molecule has 0 atom stereocenters. The molecule has 0 saturated heterocycles. The third-order valence-corrected chi connectivity index (χ3v) is 2.64. The third kappa shape index (κ3) is 3.00. The smallest absolute Gasteiger partial charge is 0.224 e. The van der Waals surface area contributed by atoms with Crippen LogP contribution in [0.1, 0.15) is 11.1 Å². The fraction of sp³-hybridized carbons (Fsp3) is 0.214. The van der Waals surface area contributed by atoms with E-state index in [0.717, 1.165) is 11.8 Å². The minimum atomic E-state index is -0.441. The first kappa shape index (κ1) is 13.3. The Labute approximate surface area is 111 Å². The van der Waals surface area contributed by atoms with Gasteiger partial charge in [-0.15, -0.1) is 0 Å². The summed E-state index contributed by atoms with van der Waals surface area (Å²) in [6.45, 7) is 2.10. The minimum Gasteiger partial charge on any atom is -0.493 e.